The van der Waals surface area contributed by atoms with E-state index in [-0.39, 0.29) is 23.2 Å². The fourth-order valence-electron chi connectivity index (χ4n) is 3.42. The van der Waals surface area contributed by atoms with Gasteiger partial charge in [-0.3, -0.25) is 13.9 Å². The Kier molecular flexibility index (Phi) is 9.69. The third kappa shape index (κ3) is 7.07. The summed E-state index contributed by atoms with van der Waals surface area (Å²) in [7, 11) is -2.46. The second-order valence-electron chi connectivity index (χ2n) is 7.56. The summed E-state index contributed by atoms with van der Waals surface area (Å²) in [6, 6.07) is 9.05. The summed E-state index contributed by atoms with van der Waals surface area (Å²) in [6.07, 6.45) is 1.27. The maximum absolute atomic E-state index is 13.5. The van der Waals surface area contributed by atoms with Crippen molar-refractivity contribution >= 4 is 39.1 Å². The van der Waals surface area contributed by atoms with Gasteiger partial charge in [0.25, 0.3) is 0 Å². The van der Waals surface area contributed by atoms with Crippen molar-refractivity contribution in [3.8, 4) is 5.75 Å². The van der Waals surface area contributed by atoms with Crippen molar-refractivity contribution in [3.05, 3.63) is 58.9 Å². The van der Waals surface area contributed by atoms with Gasteiger partial charge in [0.1, 0.15) is 24.2 Å². The molecule has 0 aliphatic rings. The first-order valence-electron chi connectivity index (χ1n) is 10.6. The van der Waals surface area contributed by atoms with E-state index < -0.39 is 34.3 Å². The number of hydrogen-bond acceptors (Lipinski definition) is 5. The van der Waals surface area contributed by atoms with Gasteiger partial charge in [0.05, 0.1) is 24.1 Å². The molecule has 34 heavy (non-hydrogen) atoms. The maximum Gasteiger partial charge on any atom is 0.244 e. The molecule has 0 aromatic heterocycles. The summed E-state index contributed by atoms with van der Waals surface area (Å²) >= 11 is 6.17. The predicted octanol–water partition coefficient (Wildman–Crippen LogP) is 3.20. The van der Waals surface area contributed by atoms with Crippen molar-refractivity contribution in [2.45, 2.75) is 32.9 Å². The molecule has 11 heteroatoms. The number of methoxy groups -OCH3 is 1. The number of carbonyl (C=O) groups excluding carboxylic acids is 2. The van der Waals surface area contributed by atoms with Gasteiger partial charge >= 0.3 is 0 Å². The molecule has 0 heterocycles. The zero-order valence-corrected chi connectivity index (χ0v) is 21.1. The molecule has 0 aliphatic carbocycles. The molecule has 1 N–H and O–H groups in total. The van der Waals surface area contributed by atoms with Crippen LogP contribution in [0.1, 0.15) is 25.8 Å². The van der Waals surface area contributed by atoms with E-state index in [1.54, 1.807) is 13.8 Å². The Bertz CT molecular complexity index is 1110. The smallest absolute Gasteiger partial charge is 0.244 e. The highest BCUT2D eigenvalue weighted by molar-refractivity contribution is 7.92. The van der Waals surface area contributed by atoms with Crippen LogP contribution in [0.25, 0.3) is 0 Å². The molecule has 0 aliphatic heterocycles. The molecule has 0 saturated carbocycles. The molecule has 2 rings (SSSR count). The van der Waals surface area contributed by atoms with Gasteiger partial charge in [-0.15, -0.1) is 0 Å². The summed E-state index contributed by atoms with van der Waals surface area (Å²) in [5.41, 5.74) is 0.769. The van der Waals surface area contributed by atoms with Crippen molar-refractivity contribution in [1.82, 2.24) is 10.2 Å². The quantitative estimate of drug-likeness (QED) is 0.498. The topological polar surface area (TPSA) is 96.0 Å². The average molecular weight is 514 g/mol. The van der Waals surface area contributed by atoms with Crippen LogP contribution in [0.5, 0.6) is 5.75 Å². The second kappa shape index (κ2) is 12.0. The highest BCUT2D eigenvalue weighted by Gasteiger charge is 2.31. The lowest BCUT2D eigenvalue weighted by Crippen LogP contribution is -2.52. The van der Waals surface area contributed by atoms with Gasteiger partial charge in [-0.2, -0.15) is 0 Å². The highest BCUT2D eigenvalue weighted by Crippen LogP contribution is 2.30. The van der Waals surface area contributed by atoms with Crippen molar-refractivity contribution in [2.75, 3.05) is 30.8 Å². The third-order valence-electron chi connectivity index (χ3n) is 5.11. The van der Waals surface area contributed by atoms with Crippen molar-refractivity contribution in [1.29, 1.82) is 0 Å². The molecular weight excluding hydrogens is 485 g/mol. The van der Waals surface area contributed by atoms with E-state index in [0.717, 1.165) is 10.6 Å². The molecule has 2 amide bonds. The van der Waals surface area contributed by atoms with E-state index in [2.05, 4.69) is 5.32 Å². The first kappa shape index (κ1) is 27.4. The number of nitrogens with one attached hydrogen (secondary N) is 1. The van der Waals surface area contributed by atoms with Gasteiger partial charge in [0.15, 0.2) is 0 Å². The summed E-state index contributed by atoms with van der Waals surface area (Å²) in [5.74, 6) is -1.04. The van der Waals surface area contributed by atoms with Gasteiger partial charge in [-0.25, -0.2) is 12.8 Å². The van der Waals surface area contributed by atoms with Gasteiger partial charge in [-0.1, -0.05) is 30.7 Å². The molecule has 0 spiro atoms. The SMILES string of the molecule is CCNC(=O)[C@H](CC)N(Cc1ccc(F)cc1)C(=O)CN(c1ccc(OC)c(Cl)c1)S(C)(=O)=O. The number of hydrogen-bond donors (Lipinski definition) is 1. The van der Waals surface area contributed by atoms with Crippen LogP contribution < -0.4 is 14.4 Å². The number of nitrogens with zero attached hydrogens (tertiary/aromatic N) is 2. The molecule has 1 atom stereocenters. The van der Waals surface area contributed by atoms with Crippen LogP contribution in [0.15, 0.2) is 42.5 Å². The minimum absolute atomic E-state index is 0.00424. The average Bonchev–Trinajstić information content (AvgIpc) is 2.77. The van der Waals surface area contributed by atoms with Crippen molar-refractivity contribution in [3.63, 3.8) is 0 Å². The Labute approximate surface area is 204 Å². The first-order valence-corrected chi connectivity index (χ1v) is 12.9. The zero-order valence-electron chi connectivity index (χ0n) is 19.5. The van der Waals surface area contributed by atoms with E-state index in [0.29, 0.717) is 24.3 Å². The van der Waals surface area contributed by atoms with E-state index in [9.17, 15) is 22.4 Å². The lowest BCUT2D eigenvalue weighted by Gasteiger charge is -2.32. The number of halogens is 2. The van der Waals surface area contributed by atoms with E-state index >= 15 is 0 Å². The third-order valence-corrected chi connectivity index (χ3v) is 6.54. The van der Waals surface area contributed by atoms with E-state index in [4.69, 9.17) is 16.3 Å². The molecule has 186 valence electrons. The maximum atomic E-state index is 13.5. The fraction of sp³-hybridized carbons (Fsp3) is 0.391. The Morgan fingerprint density at radius 2 is 1.79 bits per heavy atom. The number of benzene rings is 2. The number of sulfonamides is 1. The minimum atomic E-state index is -3.89. The van der Waals surface area contributed by atoms with Crippen LogP contribution in [-0.2, 0) is 26.2 Å². The van der Waals surface area contributed by atoms with Crippen LogP contribution >= 0.6 is 11.6 Å². The van der Waals surface area contributed by atoms with Crippen LogP contribution in [0.4, 0.5) is 10.1 Å². The fourth-order valence-corrected chi connectivity index (χ4v) is 4.52. The lowest BCUT2D eigenvalue weighted by atomic mass is 10.1. The van der Waals surface area contributed by atoms with Gasteiger partial charge < -0.3 is 15.0 Å². The standard InChI is InChI=1S/C23H29ClFN3O5S/c1-5-20(23(30)26-6-2)27(14-16-7-9-17(25)10-8-16)22(29)15-28(34(4,31)32)18-11-12-21(33-3)19(24)13-18/h7-13,20H,5-6,14-15H2,1-4H3,(H,26,30)/t20-/m0/s1. The van der Waals surface area contributed by atoms with Crippen molar-refractivity contribution in [2.24, 2.45) is 0 Å². The molecule has 2 aromatic carbocycles. The number of amides is 2. The molecule has 0 bridgehead atoms. The number of ether oxygens (including phenoxy) is 1. The Hall–Kier alpha value is -2.85. The largest absolute Gasteiger partial charge is 0.495 e. The normalized spacial score (nSPS) is 12.1. The van der Waals surface area contributed by atoms with Crippen LogP contribution in [0.3, 0.4) is 0 Å². The van der Waals surface area contributed by atoms with Crippen LogP contribution in [0, 0.1) is 5.82 Å². The van der Waals surface area contributed by atoms with Crippen LogP contribution in [0.2, 0.25) is 5.02 Å². The number of likely N-dealkylation sites (N-methyl/N-ethyl adjacent to an activating group) is 1. The molecule has 2 aromatic rings. The van der Waals surface area contributed by atoms with Crippen LogP contribution in [-0.4, -0.2) is 57.6 Å². The van der Waals surface area contributed by atoms with E-state index in [1.165, 1.54) is 54.5 Å². The molecular formula is C23H29ClFN3O5S. The summed E-state index contributed by atoms with van der Waals surface area (Å²) in [6.45, 7) is 3.32. The summed E-state index contributed by atoms with van der Waals surface area (Å²) in [4.78, 5) is 27.5. The summed E-state index contributed by atoms with van der Waals surface area (Å²) < 4.78 is 44.6. The molecule has 0 saturated heterocycles. The van der Waals surface area contributed by atoms with Gasteiger partial charge in [0.2, 0.25) is 21.8 Å². The Morgan fingerprint density at radius 3 is 2.29 bits per heavy atom. The Morgan fingerprint density at radius 1 is 1.15 bits per heavy atom. The second-order valence-corrected chi connectivity index (χ2v) is 9.87. The number of carbonyl (C=O) groups is 2. The monoisotopic (exact) mass is 513 g/mol. The molecule has 0 unspecified atom stereocenters. The molecule has 0 fully saturated rings. The predicted molar refractivity (Wildman–Crippen MR) is 130 cm³/mol. The highest BCUT2D eigenvalue weighted by atomic mass is 35.5. The number of anilines is 1. The Balaban J connectivity index is 2.44. The van der Waals surface area contributed by atoms with Gasteiger partial charge in [-0.05, 0) is 49.2 Å². The van der Waals surface area contributed by atoms with Gasteiger partial charge in [0, 0.05) is 13.1 Å². The minimum Gasteiger partial charge on any atom is -0.495 e. The zero-order chi connectivity index (χ0) is 25.5. The van der Waals surface area contributed by atoms with Crippen molar-refractivity contribution < 1.29 is 27.1 Å². The molecule has 8 nitrogen and oxygen atoms in total. The number of rotatable bonds is 11. The first-order chi connectivity index (χ1) is 16.0. The van der Waals surface area contributed by atoms with E-state index in [1.807, 2.05) is 0 Å². The molecule has 0 radical (unpaired) electrons. The summed E-state index contributed by atoms with van der Waals surface area (Å²) in [5, 5.41) is 2.88. The lowest BCUT2D eigenvalue weighted by molar-refractivity contribution is -0.140.